The van der Waals surface area contributed by atoms with E-state index in [0.717, 1.165) is 0 Å². The monoisotopic (exact) mass is 347 g/mol. The number of fused-ring (bicyclic) bond motifs is 1. The summed E-state index contributed by atoms with van der Waals surface area (Å²) in [5.74, 6) is -2.62. The lowest BCUT2D eigenvalue weighted by Crippen LogP contribution is -2.25. The molecule has 0 unspecified atom stereocenters. The fraction of sp³-hybridized carbons (Fsp3) is 0.500. The normalized spacial score (nSPS) is 17.4. The number of para-hydroxylation sites is 1. The second-order valence-corrected chi connectivity index (χ2v) is 6.45. The maximum atomic E-state index is 13.2. The van der Waals surface area contributed by atoms with Gasteiger partial charge in [-0.2, -0.15) is 10.2 Å². The highest BCUT2D eigenvalue weighted by Crippen LogP contribution is 2.38. The third-order valence-electron chi connectivity index (χ3n) is 4.81. The molecule has 0 spiro atoms. The van der Waals surface area contributed by atoms with Crippen LogP contribution in [-0.2, 0) is 0 Å². The van der Waals surface area contributed by atoms with Gasteiger partial charge in [-0.25, -0.2) is 13.3 Å². The maximum Gasteiger partial charge on any atom is 0.304 e. The minimum absolute atomic E-state index is 0.102. The average Bonchev–Trinajstić information content (AvgIpc) is 2.99. The van der Waals surface area contributed by atoms with E-state index in [0.29, 0.717) is 35.9 Å². The molecule has 0 aliphatic heterocycles. The van der Waals surface area contributed by atoms with Gasteiger partial charge < -0.3 is 4.74 Å². The van der Waals surface area contributed by atoms with Crippen LogP contribution in [0.5, 0.6) is 6.01 Å². The van der Waals surface area contributed by atoms with E-state index in [1.165, 1.54) is 11.7 Å². The van der Waals surface area contributed by atoms with Crippen LogP contribution < -0.4 is 4.74 Å². The largest absolute Gasteiger partial charge is 0.468 e. The van der Waals surface area contributed by atoms with Crippen molar-refractivity contribution in [1.29, 1.82) is 5.26 Å². The molecule has 0 saturated heterocycles. The molecule has 5 nitrogen and oxygen atoms in total. The molecule has 0 amide bonds. The Hall–Kier alpha value is -2.49. The Balaban J connectivity index is 1.77. The number of rotatable bonds is 4. The Morgan fingerprint density at radius 1 is 1.44 bits per heavy atom. The predicted octanol–water partition coefficient (Wildman–Crippen LogP) is 4.16. The summed E-state index contributed by atoms with van der Waals surface area (Å²) in [6, 6.07) is 7.22. The lowest BCUT2D eigenvalue weighted by atomic mass is 9.84. The van der Waals surface area contributed by atoms with Gasteiger partial charge in [0.15, 0.2) is 0 Å². The van der Waals surface area contributed by atoms with Gasteiger partial charge in [-0.1, -0.05) is 6.07 Å². The van der Waals surface area contributed by atoms with Crippen LogP contribution in [0.15, 0.2) is 18.2 Å². The topological polar surface area (TPSA) is 67.9 Å². The first-order valence-corrected chi connectivity index (χ1v) is 8.32. The molecule has 132 valence electrons. The number of carbonyl (C=O) groups is 1. The first-order valence-electron chi connectivity index (χ1n) is 8.32. The third kappa shape index (κ3) is 3.48. The number of methoxy groups -OCH3 is 1. The summed E-state index contributed by atoms with van der Waals surface area (Å²) in [5, 5.41) is 9.18. The van der Waals surface area contributed by atoms with Gasteiger partial charge in [-0.3, -0.25) is 4.79 Å². The van der Waals surface area contributed by atoms with Crippen molar-refractivity contribution in [3.63, 3.8) is 0 Å². The molecule has 3 rings (SSSR count). The van der Waals surface area contributed by atoms with E-state index in [2.05, 4.69) is 11.1 Å². The van der Waals surface area contributed by atoms with Crippen molar-refractivity contribution in [2.75, 3.05) is 7.11 Å². The van der Waals surface area contributed by atoms with E-state index in [4.69, 9.17) is 4.74 Å². The summed E-state index contributed by atoms with van der Waals surface area (Å²) in [5.41, 5.74) is 1.32. The molecule has 1 fully saturated rings. The summed E-state index contributed by atoms with van der Waals surface area (Å²) >= 11 is 0. The van der Waals surface area contributed by atoms with Crippen LogP contribution in [0.25, 0.3) is 11.0 Å². The first kappa shape index (κ1) is 17.3. The van der Waals surface area contributed by atoms with E-state index in [-0.39, 0.29) is 37.1 Å². The van der Waals surface area contributed by atoms with Crippen LogP contribution in [0.4, 0.5) is 8.78 Å². The van der Waals surface area contributed by atoms with Gasteiger partial charge in [0.2, 0.25) is 11.8 Å². The molecule has 1 saturated carbocycles. The Kier molecular flexibility index (Phi) is 4.71. The van der Waals surface area contributed by atoms with Crippen molar-refractivity contribution in [3.05, 3.63) is 23.8 Å². The van der Waals surface area contributed by atoms with Gasteiger partial charge >= 0.3 is 6.01 Å². The minimum atomic E-state index is -2.56. The zero-order chi connectivity index (χ0) is 18.0. The number of hydrogen-bond donors (Lipinski definition) is 0. The van der Waals surface area contributed by atoms with E-state index < -0.39 is 5.92 Å². The van der Waals surface area contributed by atoms with Crippen LogP contribution in [0.1, 0.15) is 48.9 Å². The molecule has 7 heteroatoms. The fourth-order valence-electron chi connectivity index (χ4n) is 3.37. The van der Waals surface area contributed by atoms with Crippen molar-refractivity contribution in [1.82, 2.24) is 9.55 Å². The number of ether oxygens (including phenoxy) is 1. The summed E-state index contributed by atoms with van der Waals surface area (Å²) in [6.45, 7) is 0. The summed E-state index contributed by atoms with van der Waals surface area (Å²) in [7, 11) is 1.42. The van der Waals surface area contributed by atoms with Gasteiger partial charge in [0.1, 0.15) is 11.6 Å². The van der Waals surface area contributed by atoms with Crippen molar-refractivity contribution in [2.45, 2.75) is 44.4 Å². The molecule has 1 aromatic heterocycles. The number of halogens is 2. The molecule has 2 aromatic rings. The van der Waals surface area contributed by atoms with Crippen molar-refractivity contribution in [2.24, 2.45) is 5.92 Å². The van der Waals surface area contributed by atoms with Crippen LogP contribution in [0.3, 0.4) is 0 Å². The number of benzene rings is 1. The summed E-state index contributed by atoms with van der Waals surface area (Å²) in [6.07, 6.45) is 1.48. The molecular weight excluding hydrogens is 328 g/mol. The number of imidazole rings is 1. The summed E-state index contributed by atoms with van der Waals surface area (Å²) in [4.78, 5) is 16.9. The van der Waals surface area contributed by atoms with Crippen LogP contribution in [0, 0.1) is 17.2 Å². The van der Waals surface area contributed by atoms with Gasteiger partial charge in [0.05, 0.1) is 18.2 Å². The molecule has 1 aromatic carbocycles. The fourth-order valence-corrected chi connectivity index (χ4v) is 3.37. The molecular formula is C18H19F2N3O2. The highest BCUT2D eigenvalue weighted by atomic mass is 19.3. The smallest absolute Gasteiger partial charge is 0.304 e. The van der Waals surface area contributed by atoms with E-state index in [9.17, 15) is 18.8 Å². The number of carbonyl (C=O) groups excluding carboxylic acids is 1. The lowest BCUT2D eigenvalue weighted by molar-refractivity contribution is -0.0464. The molecule has 0 atom stereocenters. The minimum Gasteiger partial charge on any atom is -0.468 e. The maximum absolute atomic E-state index is 13.2. The van der Waals surface area contributed by atoms with E-state index >= 15 is 0 Å². The van der Waals surface area contributed by atoms with Crippen molar-refractivity contribution < 1.29 is 18.3 Å². The van der Waals surface area contributed by atoms with Crippen molar-refractivity contribution in [3.8, 4) is 12.1 Å². The van der Waals surface area contributed by atoms with Gasteiger partial charge in [-0.15, -0.1) is 0 Å². The molecule has 0 radical (unpaired) electrons. The second-order valence-electron chi connectivity index (χ2n) is 6.45. The Labute approximate surface area is 144 Å². The highest BCUT2D eigenvalue weighted by molar-refractivity contribution is 5.94. The molecule has 1 aliphatic rings. The van der Waals surface area contributed by atoms with E-state index in [1.807, 2.05) is 0 Å². The van der Waals surface area contributed by atoms with E-state index in [1.54, 1.807) is 18.2 Å². The standard InChI is InChI=1S/C18H19F2N3O2/c1-25-17-22-16-13(11-21)3-2-4-14(16)23(17)15(24)6-5-12-7-9-18(19,20)10-8-12/h2-4,12H,5-10H2,1H3. The number of nitrogens with zero attached hydrogens (tertiary/aromatic N) is 3. The van der Waals surface area contributed by atoms with Gasteiger partial charge in [0, 0.05) is 19.3 Å². The predicted molar refractivity (Wildman–Crippen MR) is 87.8 cm³/mol. The first-order chi connectivity index (χ1) is 11.9. The van der Waals surface area contributed by atoms with Crippen molar-refractivity contribution >= 4 is 16.9 Å². The third-order valence-corrected chi connectivity index (χ3v) is 4.81. The number of aromatic nitrogens is 2. The lowest BCUT2D eigenvalue weighted by Gasteiger charge is -2.28. The Morgan fingerprint density at radius 3 is 2.80 bits per heavy atom. The zero-order valence-corrected chi connectivity index (χ0v) is 14.0. The number of alkyl halides is 2. The molecule has 0 bridgehead atoms. The van der Waals surface area contributed by atoms with Crippen LogP contribution in [-0.4, -0.2) is 28.5 Å². The number of nitriles is 1. The van der Waals surface area contributed by atoms with Gasteiger partial charge in [-0.05, 0) is 37.3 Å². The second kappa shape index (κ2) is 6.79. The Bertz CT molecular complexity index is 829. The quantitative estimate of drug-likeness (QED) is 0.833. The van der Waals surface area contributed by atoms with Crippen LogP contribution in [0.2, 0.25) is 0 Å². The Morgan fingerprint density at radius 2 is 2.16 bits per heavy atom. The molecule has 25 heavy (non-hydrogen) atoms. The molecule has 0 N–H and O–H groups in total. The SMILES string of the molecule is COc1nc2c(C#N)cccc2n1C(=O)CCC1CCC(F)(F)CC1. The van der Waals surface area contributed by atoms with Crippen LogP contribution >= 0.6 is 0 Å². The number of hydrogen-bond acceptors (Lipinski definition) is 4. The molecule has 1 heterocycles. The summed E-state index contributed by atoms with van der Waals surface area (Å²) < 4.78 is 33.0. The molecule has 1 aliphatic carbocycles. The van der Waals surface area contributed by atoms with Gasteiger partial charge in [0.25, 0.3) is 0 Å². The highest BCUT2D eigenvalue weighted by Gasteiger charge is 2.35. The average molecular weight is 347 g/mol. The zero-order valence-electron chi connectivity index (χ0n) is 14.0.